The molecule has 0 N–H and O–H groups in total. The van der Waals surface area contributed by atoms with Crippen molar-refractivity contribution in [3.8, 4) is 0 Å². The highest BCUT2D eigenvalue weighted by molar-refractivity contribution is 5.97. The molecule has 0 saturated carbocycles. The van der Waals surface area contributed by atoms with Crippen molar-refractivity contribution in [2.24, 2.45) is 0 Å². The molecule has 104 valence electrons. The quantitative estimate of drug-likeness (QED) is 0.677. The van der Waals surface area contributed by atoms with E-state index in [4.69, 9.17) is 0 Å². The molecule has 0 fully saturated rings. The summed E-state index contributed by atoms with van der Waals surface area (Å²) in [5.74, 6) is 0.0512. The topological polar surface area (TPSA) is 50.3 Å². The molecular weight excluding hydrogens is 240 g/mol. The van der Waals surface area contributed by atoms with E-state index in [1.54, 1.807) is 24.5 Å². The largest absolute Gasteiger partial charge is 0.343 e. The lowest BCUT2D eigenvalue weighted by molar-refractivity contribution is -0.131. The number of amides is 1. The Bertz CT molecular complexity index is 398. The number of aromatic nitrogens is 1. The van der Waals surface area contributed by atoms with Crippen LogP contribution in [0.15, 0.2) is 24.5 Å². The molecule has 4 heteroatoms. The number of carbonyl (C=O) groups excluding carboxylic acids is 2. The van der Waals surface area contributed by atoms with Gasteiger partial charge in [0.05, 0.1) is 0 Å². The van der Waals surface area contributed by atoms with Crippen LogP contribution in [0.2, 0.25) is 0 Å². The molecule has 0 radical (unpaired) electrons. The highest BCUT2D eigenvalue weighted by Gasteiger charge is 2.14. The summed E-state index contributed by atoms with van der Waals surface area (Å²) in [5.41, 5.74) is 0.577. The number of Topliss-reactive ketones (excluding diaryl/α,β-unsaturated/α-hetero) is 1. The number of nitrogens with zero attached hydrogens (tertiary/aromatic N) is 2. The Morgan fingerprint density at radius 3 is 2.37 bits per heavy atom. The molecule has 1 heterocycles. The van der Waals surface area contributed by atoms with E-state index in [2.05, 4.69) is 18.8 Å². The second-order valence-electron chi connectivity index (χ2n) is 4.55. The zero-order valence-corrected chi connectivity index (χ0v) is 11.8. The molecular formula is C15H22N2O2. The van der Waals surface area contributed by atoms with Crippen molar-refractivity contribution in [2.75, 3.05) is 13.1 Å². The Hall–Kier alpha value is -1.71. The Labute approximate surface area is 114 Å². The van der Waals surface area contributed by atoms with Crippen molar-refractivity contribution < 1.29 is 9.59 Å². The summed E-state index contributed by atoms with van der Waals surface area (Å²) in [6.07, 6.45) is 5.61. The highest BCUT2D eigenvalue weighted by Crippen LogP contribution is 2.06. The van der Waals surface area contributed by atoms with Gasteiger partial charge in [0.15, 0.2) is 5.78 Å². The van der Waals surface area contributed by atoms with Gasteiger partial charge in [-0.1, -0.05) is 13.8 Å². The summed E-state index contributed by atoms with van der Waals surface area (Å²) in [4.78, 5) is 29.6. The summed E-state index contributed by atoms with van der Waals surface area (Å²) < 4.78 is 0. The normalized spacial score (nSPS) is 10.2. The molecule has 0 atom stereocenters. The first kappa shape index (κ1) is 15.3. The van der Waals surface area contributed by atoms with Gasteiger partial charge in [-0.15, -0.1) is 0 Å². The molecule has 1 amide bonds. The predicted molar refractivity (Wildman–Crippen MR) is 75.0 cm³/mol. The Balaban J connectivity index is 2.46. The van der Waals surface area contributed by atoms with Gasteiger partial charge in [-0.25, -0.2) is 0 Å². The Morgan fingerprint density at radius 2 is 1.84 bits per heavy atom. The lowest BCUT2D eigenvalue weighted by atomic mass is 10.1. The van der Waals surface area contributed by atoms with Crippen LogP contribution in [0.1, 0.15) is 49.9 Å². The van der Waals surface area contributed by atoms with Crippen LogP contribution in [-0.2, 0) is 4.79 Å². The number of hydrogen-bond donors (Lipinski definition) is 0. The Kier molecular flexibility index (Phi) is 6.79. The molecule has 0 aliphatic rings. The zero-order chi connectivity index (χ0) is 14.1. The van der Waals surface area contributed by atoms with Gasteiger partial charge in [0, 0.05) is 43.9 Å². The van der Waals surface area contributed by atoms with Crippen molar-refractivity contribution in [1.82, 2.24) is 9.88 Å². The molecule has 0 aromatic carbocycles. The summed E-state index contributed by atoms with van der Waals surface area (Å²) in [7, 11) is 0. The lowest BCUT2D eigenvalue weighted by Gasteiger charge is -2.21. The van der Waals surface area contributed by atoms with Crippen LogP contribution in [0, 0.1) is 0 Å². The maximum Gasteiger partial charge on any atom is 0.223 e. The van der Waals surface area contributed by atoms with E-state index in [1.165, 1.54) is 0 Å². The van der Waals surface area contributed by atoms with Crippen LogP contribution in [-0.4, -0.2) is 34.7 Å². The Morgan fingerprint density at radius 1 is 1.16 bits per heavy atom. The smallest absolute Gasteiger partial charge is 0.223 e. The fourth-order valence-electron chi connectivity index (χ4n) is 1.95. The average molecular weight is 262 g/mol. The van der Waals surface area contributed by atoms with Crippen LogP contribution in [0.5, 0.6) is 0 Å². The van der Waals surface area contributed by atoms with E-state index >= 15 is 0 Å². The van der Waals surface area contributed by atoms with E-state index in [0.29, 0.717) is 5.56 Å². The summed E-state index contributed by atoms with van der Waals surface area (Å²) >= 11 is 0. The molecule has 0 unspecified atom stereocenters. The molecule has 4 nitrogen and oxygen atoms in total. The molecule has 1 rings (SSSR count). The maximum atomic E-state index is 12.0. The first-order valence-corrected chi connectivity index (χ1v) is 6.90. The van der Waals surface area contributed by atoms with Gasteiger partial charge in [-0.3, -0.25) is 14.6 Å². The summed E-state index contributed by atoms with van der Waals surface area (Å²) in [5, 5.41) is 0. The van der Waals surface area contributed by atoms with Gasteiger partial charge in [-0.2, -0.15) is 0 Å². The second kappa shape index (κ2) is 8.40. The minimum atomic E-state index is -0.0191. The molecule has 1 aromatic rings. The standard InChI is InChI=1S/C15H22N2O2/c1-3-10-17(11-4-2)15(19)8-7-14(18)13-6-5-9-16-12-13/h5-6,9,12H,3-4,7-8,10-11H2,1-2H3. The molecule has 1 aromatic heterocycles. The molecule has 0 aliphatic carbocycles. The molecule has 0 saturated heterocycles. The van der Waals surface area contributed by atoms with E-state index in [0.717, 1.165) is 25.9 Å². The maximum absolute atomic E-state index is 12.0. The van der Waals surface area contributed by atoms with Crippen LogP contribution < -0.4 is 0 Å². The molecule has 0 bridgehead atoms. The minimum absolute atomic E-state index is 0.0191. The van der Waals surface area contributed by atoms with Gasteiger partial charge in [0.1, 0.15) is 0 Å². The van der Waals surface area contributed by atoms with Crippen LogP contribution >= 0.6 is 0 Å². The van der Waals surface area contributed by atoms with Crippen LogP contribution in [0.4, 0.5) is 0 Å². The fourth-order valence-corrected chi connectivity index (χ4v) is 1.95. The van der Waals surface area contributed by atoms with E-state index < -0.39 is 0 Å². The van der Waals surface area contributed by atoms with Crippen LogP contribution in [0.3, 0.4) is 0 Å². The highest BCUT2D eigenvalue weighted by atomic mass is 16.2. The fraction of sp³-hybridized carbons (Fsp3) is 0.533. The number of carbonyl (C=O) groups is 2. The SMILES string of the molecule is CCCN(CCC)C(=O)CCC(=O)c1cccnc1. The number of ketones is 1. The number of rotatable bonds is 8. The first-order valence-electron chi connectivity index (χ1n) is 6.90. The van der Waals surface area contributed by atoms with Crippen molar-refractivity contribution >= 4 is 11.7 Å². The summed E-state index contributed by atoms with van der Waals surface area (Å²) in [6.45, 7) is 5.65. The second-order valence-corrected chi connectivity index (χ2v) is 4.55. The van der Waals surface area contributed by atoms with E-state index in [1.807, 2.05) is 4.90 Å². The van der Waals surface area contributed by atoms with Gasteiger partial charge in [0.25, 0.3) is 0 Å². The van der Waals surface area contributed by atoms with Crippen molar-refractivity contribution in [2.45, 2.75) is 39.5 Å². The third-order valence-corrected chi connectivity index (χ3v) is 2.89. The van der Waals surface area contributed by atoms with Gasteiger partial charge in [-0.05, 0) is 25.0 Å². The van der Waals surface area contributed by atoms with Gasteiger partial charge < -0.3 is 4.90 Å². The molecule has 0 aliphatic heterocycles. The molecule has 19 heavy (non-hydrogen) atoms. The number of hydrogen-bond acceptors (Lipinski definition) is 3. The summed E-state index contributed by atoms with van der Waals surface area (Å²) in [6, 6.07) is 3.46. The van der Waals surface area contributed by atoms with Gasteiger partial charge >= 0.3 is 0 Å². The molecule has 0 spiro atoms. The van der Waals surface area contributed by atoms with Crippen molar-refractivity contribution in [1.29, 1.82) is 0 Å². The zero-order valence-electron chi connectivity index (χ0n) is 11.8. The predicted octanol–water partition coefficient (Wildman–Crippen LogP) is 2.69. The van der Waals surface area contributed by atoms with E-state index in [9.17, 15) is 9.59 Å². The lowest BCUT2D eigenvalue weighted by Crippen LogP contribution is -2.32. The van der Waals surface area contributed by atoms with E-state index in [-0.39, 0.29) is 24.5 Å². The first-order chi connectivity index (χ1) is 9.19. The number of pyridine rings is 1. The third-order valence-electron chi connectivity index (χ3n) is 2.89. The average Bonchev–Trinajstić information content (AvgIpc) is 2.45. The van der Waals surface area contributed by atoms with Crippen LogP contribution in [0.25, 0.3) is 0 Å². The van der Waals surface area contributed by atoms with Crippen molar-refractivity contribution in [3.05, 3.63) is 30.1 Å². The minimum Gasteiger partial charge on any atom is -0.343 e. The van der Waals surface area contributed by atoms with Crippen molar-refractivity contribution in [3.63, 3.8) is 0 Å². The third kappa shape index (κ3) is 5.20. The van der Waals surface area contributed by atoms with Gasteiger partial charge in [0.2, 0.25) is 5.91 Å². The monoisotopic (exact) mass is 262 g/mol.